The van der Waals surface area contributed by atoms with Crippen molar-refractivity contribution in [2.24, 2.45) is 5.10 Å². The van der Waals surface area contributed by atoms with E-state index in [9.17, 15) is 4.79 Å². The van der Waals surface area contributed by atoms with Gasteiger partial charge in [0.2, 0.25) is 0 Å². The minimum absolute atomic E-state index is 0.0866. The van der Waals surface area contributed by atoms with Crippen LogP contribution in [0.15, 0.2) is 94.4 Å². The van der Waals surface area contributed by atoms with Crippen LogP contribution in [0.2, 0.25) is 10.0 Å². The number of hydrogen-bond acceptors (Lipinski definition) is 6. The molecule has 0 saturated carbocycles. The molecular weight excluding hydrogens is 589 g/mol. The predicted octanol–water partition coefficient (Wildman–Crippen LogP) is 7.92. The number of furan rings is 1. The number of ether oxygens (including phenoxy) is 3. The van der Waals surface area contributed by atoms with E-state index in [2.05, 4.69) is 41.1 Å². The number of hydrazone groups is 1. The zero-order chi connectivity index (χ0) is 30.3. The van der Waals surface area contributed by atoms with Crippen LogP contribution in [0.1, 0.15) is 38.8 Å². The summed E-state index contributed by atoms with van der Waals surface area (Å²) in [4.78, 5) is 12.7. The highest BCUT2D eigenvalue weighted by molar-refractivity contribution is 6.31. The molecule has 0 fully saturated rings. The molecule has 0 spiro atoms. The number of carbonyl (C=O) groups excluding carboxylic acids is 1. The Bertz CT molecular complexity index is 1740. The molecule has 0 atom stereocenters. The molecule has 0 radical (unpaired) electrons. The molecule has 5 rings (SSSR count). The molecule has 5 aromatic rings. The van der Waals surface area contributed by atoms with Gasteiger partial charge < -0.3 is 23.2 Å². The predicted molar refractivity (Wildman–Crippen MR) is 167 cm³/mol. The first-order chi connectivity index (χ1) is 20.8. The van der Waals surface area contributed by atoms with Crippen LogP contribution in [0.4, 0.5) is 0 Å². The molecule has 220 valence electrons. The van der Waals surface area contributed by atoms with Crippen LogP contribution >= 0.6 is 23.2 Å². The van der Waals surface area contributed by atoms with Crippen molar-refractivity contribution in [3.63, 3.8) is 0 Å². The van der Waals surface area contributed by atoms with Crippen LogP contribution in [-0.4, -0.2) is 23.8 Å². The number of amides is 1. The maximum absolute atomic E-state index is 12.7. The summed E-state index contributed by atoms with van der Waals surface area (Å²) in [7, 11) is 1.51. The Hall–Kier alpha value is -4.66. The Labute approximate surface area is 259 Å². The molecule has 0 unspecified atom stereocenters. The van der Waals surface area contributed by atoms with E-state index in [1.54, 1.807) is 30.3 Å². The topological polar surface area (TPSA) is 87.2 Å². The molecule has 2 aromatic heterocycles. The summed E-state index contributed by atoms with van der Waals surface area (Å²) in [6.07, 6.45) is 1.42. The van der Waals surface area contributed by atoms with Crippen molar-refractivity contribution in [1.29, 1.82) is 0 Å². The molecule has 0 aliphatic rings. The summed E-state index contributed by atoms with van der Waals surface area (Å²) in [6.45, 7) is 4.49. The van der Waals surface area contributed by atoms with Crippen LogP contribution in [0, 0.1) is 13.8 Å². The number of rotatable bonds is 11. The largest absolute Gasteiger partial charge is 0.493 e. The summed E-state index contributed by atoms with van der Waals surface area (Å²) in [5, 5.41) is 5.07. The average Bonchev–Trinajstić information content (AvgIpc) is 3.62. The lowest BCUT2D eigenvalue weighted by Crippen LogP contribution is -2.17. The average molecular weight is 619 g/mol. The van der Waals surface area contributed by atoms with Gasteiger partial charge in [-0.05, 0) is 74.5 Å². The molecule has 43 heavy (non-hydrogen) atoms. The SMILES string of the molecule is COc1cc(Cl)cc(C=NNC(=O)c2ccc(COc3ccc(-n4c(C)ccc4C)cc3)o2)c1OCc1ccccc1Cl. The van der Waals surface area contributed by atoms with Gasteiger partial charge >= 0.3 is 5.91 Å². The van der Waals surface area contributed by atoms with E-state index >= 15 is 0 Å². The monoisotopic (exact) mass is 617 g/mol. The second-order valence-electron chi connectivity index (χ2n) is 9.61. The van der Waals surface area contributed by atoms with E-state index < -0.39 is 5.91 Å². The molecular formula is C33H29Cl2N3O5. The molecule has 1 amide bonds. The molecule has 8 nitrogen and oxygen atoms in total. The standard InChI is InChI=1S/C33H29Cl2N3O5/c1-21-8-9-22(2)38(21)26-10-12-27(13-11-26)41-20-28-14-15-30(43-28)33(39)37-36-18-24-16-25(34)17-31(40-3)32(24)42-19-23-6-4-5-7-29(23)35/h4-18H,19-20H2,1-3H3,(H,37,39). The van der Waals surface area contributed by atoms with Crippen molar-refractivity contribution in [2.45, 2.75) is 27.1 Å². The van der Waals surface area contributed by atoms with Gasteiger partial charge in [0.05, 0.1) is 13.3 Å². The Morgan fingerprint density at radius 3 is 2.40 bits per heavy atom. The normalized spacial score (nSPS) is 11.1. The van der Waals surface area contributed by atoms with E-state index in [0.29, 0.717) is 38.6 Å². The van der Waals surface area contributed by atoms with Gasteiger partial charge in [0.25, 0.3) is 0 Å². The van der Waals surface area contributed by atoms with Gasteiger partial charge in [-0.25, -0.2) is 5.43 Å². The molecule has 10 heteroatoms. The Morgan fingerprint density at radius 1 is 0.930 bits per heavy atom. The number of aromatic nitrogens is 1. The van der Waals surface area contributed by atoms with Crippen molar-refractivity contribution >= 4 is 35.3 Å². The number of aryl methyl sites for hydroxylation is 2. The van der Waals surface area contributed by atoms with Gasteiger partial charge in [0.15, 0.2) is 17.3 Å². The number of nitrogens with zero attached hydrogens (tertiary/aromatic N) is 2. The van der Waals surface area contributed by atoms with Gasteiger partial charge in [-0.1, -0.05) is 41.4 Å². The Morgan fingerprint density at radius 2 is 1.67 bits per heavy atom. The third-order valence-corrected chi connectivity index (χ3v) is 7.19. The highest BCUT2D eigenvalue weighted by Crippen LogP contribution is 2.35. The molecule has 0 bridgehead atoms. The Kier molecular flexibility index (Phi) is 9.39. The Balaban J connectivity index is 1.20. The summed E-state index contributed by atoms with van der Waals surface area (Å²) >= 11 is 12.5. The lowest BCUT2D eigenvalue weighted by atomic mass is 10.2. The number of benzene rings is 3. The minimum atomic E-state index is -0.531. The maximum Gasteiger partial charge on any atom is 0.307 e. The fourth-order valence-electron chi connectivity index (χ4n) is 4.47. The van der Waals surface area contributed by atoms with Crippen LogP contribution in [-0.2, 0) is 13.2 Å². The highest BCUT2D eigenvalue weighted by Gasteiger charge is 2.15. The molecule has 0 saturated heterocycles. The first kappa shape index (κ1) is 29.8. The summed E-state index contributed by atoms with van der Waals surface area (Å²) in [6, 6.07) is 25.8. The van der Waals surface area contributed by atoms with E-state index in [-0.39, 0.29) is 19.0 Å². The van der Waals surface area contributed by atoms with Gasteiger partial charge in [-0.2, -0.15) is 5.10 Å². The minimum Gasteiger partial charge on any atom is -0.493 e. The van der Waals surface area contributed by atoms with E-state index in [0.717, 1.165) is 22.6 Å². The van der Waals surface area contributed by atoms with Crippen LogP contribution in [0.25, 0.3) is 5.69 Å². The van der Waals surface area contributed by atoms with E-state index in [4.69, 9.17) is 41.8 Å². The lowest BCUT2D eigenvalue weighted by molar-refractivity contribution is 0.0923. The molecule has 1 N–H and O–H groups in total. The van der Waals surface area contributed by atoms with Crippen LogP contribution in [0.5, 0.6) is 17.2 Å². The fourth-order valence-corrected chi connectivity index (χ4v) is 4.88. The van der Waals surface area contributed by atoms with E-state index in [1.165, 1.54) is 13.3 Å². The van der Waals surface area contributed by atoms with Crippen LogP contribution < -0.4 is 19.6 Å². The molecule has 0 aliphatic heterocycles. The fraction of sp³-hybridized carbons (Fsp3) is 0.152. The van der Waals surface area contributed by atoms with Gasteiger partial charge in [0.1, 0.15) is 24.7 Å². The third kappa shape index (κ3) is 7.23. The van der Waals surface area contributed by atoms with Crippen molar-refractivity contribution in [3.05, 3.63) is 129 Å². The number of methoxy groups -OCH3 is 1. The molecule has 0 aliphatic carbocycles. The summed E-state index contributed by atoms with van der Waals surface area (Å²) in [5.41, 5.74) is 7.14. The van der Waals surface area contributed by atoms with E-state index in [1.807, 2.05) is 42.5 Å². The van der Waals surface area contributed by atoms with Gasteiger partial charge in [0, 0.05) is 44.3 Å². The van der Waals surface area contributed by atoms with Gasteiger partial charge in [-0.3, -0.25) is 4.79 Å². The summed E-state index contributed by atoms with van der Waals surface area (Å²) in [5.74, 6) is 1.54. The second-order valence-corrected chi connectivity index (χ2v) is 10.4. The maximum atomic E-state index is 12.7. The number of hydrogen-bond donors (Lipinski definition) is 1. The quantitative estimate of drug-likeness (QED) is 0.120. The smallest absolute Gasteiger partial charge is 0.307 e. The van der Waals surface area contributed by atoms with Crippen LogP contribution in [0.3, 0.4) is 0 Å². The highest BCUT2D eigenvalue weighted by atomic mass is 35.5. The second kappa shape index (κ2) is 13.5. The lowest BCUT2D eigenvalue weighted by Gasteiger charge is -2.14. The number of carbonyl (C=O) groups is 1. The number of halogens is 2. The number of nitrogens with one attached hydrogen (secondary N) is 1. The third-order valence-electron chi connectivity index (χ3n) is 6.60. The van der Waals surface area contributed by atoms with Crippen molar-refractivity contribution in [1.82, 2.24) is 9.99 Å². The van der Waals surface area contributed by atoms with Crippen molar-refractivity contribution in [2.75, 3.05) is 7.11 Å². The molecule has 3 aromatic carbocycles. The first-order valence-corrected chi connectivity index (χ1v) is 14.1. The first-order valence-electron chi connectivity index (χ1n) is 13.4. The zero-order valence-corrected chi connectivity index (χ0v) is 25.3. The summed E-state index contributed by atoms with van der Waals surface area (Å²) < 4.78 is 25.2. The van der Waals surface area contributed by atoms with Crippen molar-refractivity contribution < 1.29 is 23.4 Å². The zero-order valence-electron chi connectivity index (χ0n) is 23.8. The van der Waals surface area contributed by atoms with Crippen molar-refractivity contribution in [3.8, 4) is 22.9 Å². The molecule has 2 heterocycles. The van der Waals surface area contributed by atoms with Gasteiger partial charge in [-0.15, -0.1) is 0 Å².